The molecule has 0 spiro atoms. The lowest BCUT2D eigenvalue weighted by Crippen LogP contribution is -2.43. The molecule has 0 aromatic heterocycles. The van der Waals surface area contributed by atoms with Gasteiger partial charge in [0.25, 0.3) is 6.43 Å². The third-order valence-electron chi connectivity index (χ3n) is 3.96. The standard InChI is InChI=1S/C16H22F2N2O/c1-12-5-2-3-6-13(12)10-20-8-4-7-14(11-20)16(21)19-9-15(17)18/h2-3,5-6,14-15H,4,7-11H2,1H3,(H,19,21). The van der Waals surface area contributed by atoms with Crippen molar-refractivity contribution in [1.29, 1.82) is 0 Å². The van der Waals surface area contributed by atoms with Crippen LogP contribution < -0.4 is 5.32 Å². The van der Waals surface area contributed by atoms with E-state index in [4.69, 9.17) is 0 Å². The van der Waals surface area contributed by atoms with Crippen LogP contribution in [0, 0.1) is 12.8 Å². The van der Waals surface area contributed by atoms with Crippen LogP contribution in [0.25, 0.3) is 0 Å². The summed E-state index contributed by atoms with van der Waals surface area (Å²) in [7, 11) is 0. The van der Waals surface area contributed by atoms with Gasteiger partial charge in [-0.05, 0) is 37.4 Å². The topological polar surface area (TPSA) is 32.3 Å². The van der Waals surface area contributed by atoms with Gasteiger partial charge in [-0.1, -0.05) is 24.3 Å². The summed E-state index contributed by atoms with van der Waals surface area (Å²) in [6.07, 6.45) is -0.779. The van der Waals surface area contributed by atoms with E-state index < -0.39 is 13.0 Å². The van der Waals surface area contributed by atoms with Crippen molar-refractivity contribution in [2.45, 2.75) is 32.7 Å². The second kappa shape index (κ2) is 7.50. The van der Waals surface area contributed by atoms with Gasteiger partial charge in [0, 0.05) is 13.1 Å². The zero-order valence-corrected chi connectivity index (χ0v) is 12.3. The van der Waals surface area contributed by atoms with Crippen LogP contribution in [-0.4, -0.2) is 36.9 Å². The second-order valence-electron chi connectivity index (χ2n) is 5.64. The average molecular weight is 296 g/mol. The van der Waals surface area contributed by atoms with Gasteiger partial charge in [-0.15, -0.1) is 0 Å². The maximum atomic E-state index is 12.1. The maximum absolute atomic E-state index is 12.1. The monoisotopic (exact) mass is 296 g/mol. The number of amides is 1. The molecule has 5 heteroatoms. The van der Waals surface area contributed by atoms with Crippen molar-refractivity contribution in [2.24, 2.45) is 5.92 Å². The molecular formula is C16H22F2N2O. The first-order valence-corrected chi connectivity index (χ1v) is 7.39. The molecule has 0 saturated carbocycles. The van der Waals surface area contributed by atoms with Crippen LogP contribution in [0.1, 0.15) is 24.0 Å². The molecule has 1 atom stereocenters. The fourth-order valence-electron chi connectivity index (χ4n) is 2.76. The minimum absolute atomic E-state index is 0.179. The molecule has 116 valence electrons. The third-order valence-corrected chi connectivity index (χ3v) is 3.96. The zero-order chi connectivity index (χ0) is 15.2. The van der Waals surface area contributed by atoms with Gasteiger partial charge in [0.2, 0.25) is 5.91 Å². The predicted molar refractivity (Wildman–Crippen MR) is 78.2 cm³/mol. The molecule has 1 heterocycles. The first-order chi connectivity index (χ1) is 10.1. The minimum atomic E-state index is -2.49. The van der Waals surface area contributed by atoms with Crippen LogP contribution in [0.5, 0.6) is 0 Å². The Kier molecular flexibility index (Phi) is 5.67. The summed E-state index contributed by atoms with van der Waals surface area (Å²) in [6.45, 7) is 3.93. The SMILES string of the molecule is Cc1ccccc1CN1CCCC(C(=O)NCC(F)F)C1. The van der Waals surface area contributed by atoms with Gasteiger partial charge in [0.05, 0.1) is 12.5 Å². The molecule has 0 aliphatic carbocycles. The van der Waals surface area contributed by atoms with E-state index in [2.05, 4.69) is 29.3 Å². The second-order valence-corrected chi connectivity index (χ2v) is 5.64. The van der Waals surface area contributed by atoms with Gasteiger partial charge in [-0.3, -0.25) is 9.69 Å². The fourth-order valence-corrected chi connectivity index (χ4v) is 2.76. The van der Waals surface area contributed by atoms with Gasteiger partial charge in [-0.2, -0.15) is 0 Å². The minimum Gasteiger partial charge on any atom is -0.350 e. The van der Waals surface area contributed by atoms with E-state index in [1.54, 1.807) is 0 Å². The highest BCUT2D eigenvalue weighted by Crippen LogP contribution is 2.20. The van der Waals surface area contributed by atoms with Gasteiger partial charge >= 0.3 is 0 Å². The summed E-state index contributed by atoms with van der Waals surface area (Å²) < 4.78 is 24.3. The van der Waals surface area contributed by atoms with Crippen LogP contribution in [0.2, 0.25) is 0 Å². The Balaban J connectivity index is 1.89. The molecule has 1 saturated heterocycles. The Bertz CT molecular complexity index is 479. The van der Waals surface area contributed by atoms with E-state index in [-0.39, 0.29) is 11.8 Å². The van der Waals surface area contributed by atoms with Crippen molar-refractivity contribution in [3.8, 4) is 0 Å². The Morgan fingerprint density at radius 2 is 2.19 bits per heavy atom. The van der Waals surface area contributed by atoms with Crippen molar-refractivity contribution in [3.63, 3.8) is 0 Å². The molecule has 1 N–H and O–H groups in total. The molecule has 21 heavy (non-hydrogen) atoms. The molecule has 3 nitrogen and oxygen atoms in total. The lowest BCUT2D eigenvalue weighted by Gasteiger charge is -2.32. The number of likely N-dealkylation sites (tertiary alicyclic amines) is 1. The molecule has 1 aromatic carbocycles. The fraction of sp³-hybridized carbons (Fsp3) is 0.562. The number of carbonyl (C=O) groups is 1. The van der Waals surface area contributed by atoms with Crippen molar-refractivity contribution < 1.29 is 13.6 Å². The molecule has 1 fully saturated rings. The lowest BCUT2D eigenvalue weighted by molar-refractivity contribution is -0.127. The van der Waals surface area contributed by atoms with Crippen molar-refractivity contribution in [1.82, 2.24) is 10.2 Å². The Morgan fingerprint density at radius 3 is 2.90 bits per heavy atom. The molecular weight excluding hydrogens is 274 g/mol. The first kappa shape index (κ1) is 15.9. The first-order valence-electron chi connectivity index (χ1n) is 7.39. The number of piperidine rings is 1. The summed E-state index contributed by atoms with van der Waals surface area (Å²) in [4.78, 5) is 14.1. The summed E-state index contributed by atoms with van der Waals surface area (Å²) in [5.41, 5.74) is 2.49. The normalized spacial score (nSPS) is 19.7. The highest BCUT2D eigenvalue weighted by molar-refractivity contribution is 5.78. The number of alkyl halides is 2. The van der Waals surface area contributed by atoms with Crippen molar-refractivity contribution in [2.75, 3.05) is 19.6 Å². The molecule has 1 aromatic rings. The zero-order valence-electron chi connectivity index (χ0n) is 12.3. The van der Waals surface area contributed by atoms with E-state index in [0.717, 1.165) is 25.9 Å². The summed E-state index contributed by atoms with van der Waals surface area (Å²) in [6, 6.07) is 8.19. The molecule has 1 aliphatic heterocycles. The van der Waals surface area contributed by atoms with Crippen LogP contribution in [0.3, 0.4) is 0 Å². The molecule has 1 amide bonds. The number of nitrogens with zero attached hydrogens (tertiary/aromatic N) is 1. The van der Waals surface area contributed by atoms with Gasteiger partial charge in [0.15, 0.2) is 0 Å². The summed E-state index contributed by atoms with van der Waals surface area (Å²) in [5, 5.41) is 2.33. The lowest BCUT2D eigenvalue weighted by atomic mass is 9.96. The van der Waals surface area contributed by atoms with E-state index in [9.17, 15) is 13.6 Å². The largest absolute Gasteiger partial charge is 0.350 e. The highest BCUT2D eigenvalue weighted by Gasteiger charge is 2.26. The van der Waals surface area contributed by atoms with E-state index >= 15 is 0 Å². The Hall–Kier alpha value is -1.49. The summed E-state index contributed by atoms with van der Waals surface area (Å²) >= 11 is 0. The van der Waals surface area contributed by atoms with Crippen LogP contribution in [0.4, 0.5) is 8.78 Å². The van der Waals surface area contributed by atoms with Crippen LogP contribution >= 0.6 is 0 Å². The van der Waals surface area contributed by atoms with E-state index in [0.29, 0.717) is 6.54 Å². The Labute approximate surface area is 124 Å². The van der Waals surface area contributed by atoms with E-state index in [1.165, 1.54) is 11.1 Å². The molecule has 1 unspecified atom stereocenters. The number of rotatable bonds is 5. The number of hydrogen-bond acceptors (Lipinski definition) is 2. The predicted octanol–water partition coefficient (Wildman–Crippen LogP) is 2.59. The Morgan fingerprint density at radius 1 is 1.43 bits per heavy atom. The van der Waals surface area contributed by atoms with Crippen LogP contribution in [0.15, 0.2) is 24.3 Å². The van der Waals surface area contributed by atoms with Gasteiger partial charge in [0.1, 0.15) is 0 Å². The highest BCUT2D eigenvalue weighted by atomic mass is 19.3. The molecule has 0 radical (unpaired) electrons. The number of benzene rings is 1. The number of nitrogens with one attached hydrogen (secondary N) is 1. The van der Waals surface area contributed by atoms with Gasteiger partial charge in [-0.25, -0.2) is 8.78 Å². The average Bonchev–Trinajstić information content (AvgIpc) is 2.47. The van der Waals surface area contributed by atoms with Crippen LogP contribution in [-0.2, 0) is 11.3 Å². The third kappa shape index (κ3) is 4.77. The van der Waals surface area contributed by atoms with Gasteiger partial charge < -0.3 is 5.32 Å². The molecule has 0 bridgehead atoms. The number of aryl methyl sites for hydroxylation is 1. The number of carbonyl (C=O) groups excluding carboxylic acids is 1. The van der Waals surface area contributed by atoms with Crippen molar-refractivity contribution >= 4 is 5.91 Å². The maximum Gasteiger partial charge on any atom is 0.255 e. The molecule has 1 aliphatic rings. The summed E-state index contributed by atoms with van der Waals surface area (Å²) in [5.74, 6) is -0.425. The van der Waals surface area contributed by atoms with E-state index in [1.807, 2.05) is 12.1 Å². The number of halogens is 2. The van der Waals surface area contributed by atoms with Crippen molar-refractivity contribution in [3.05, 3.63) is 35.4 Å². The number of hydrogen-bond donors (Lipinski definition) is 1. The molecule has 2 rings (SSSR count). The smallest absolute Gasteiger partial charge is 0.255 e. The quantitative estimate of drug-likeness (QED) is 0.906.